The minimum Gasteiger partial charge on any atom is -0.493 e. The molecule has 0 fully saturated rings. The Bertz CT molecular complexity index is 755. The van der Waals surface area contributed by atoms with Crippen LogP contribution in [-0.2, 0) is 4.79 Å². The highest BCUT2D eigenvalue weighted by atomic mass is 16.5. The zero-order valence-electron chi connectivity index (χ0n) is 15.8. The molecule has 2 rings (SSSR count). The molecule has 4 heteroatoms. The molecule has 4 nitrogen and oxygen atoms in total. The number of hydrogen-bond acceptors (Lipinski definition) is 3. The summed E-state index contributed by atoms with van der Waals surface area (Å²) in [5.74, 6) is 1.01. The number of benzene rings is 2. The number of rotatable bonds is 6. The summed E-state index contributed by atoms with van der Waals surface area (Å²) in [6.45, 7) is 9.98. The SMILES string of the molecule is COc1ccccc1O[C@H](C)C(=O)N[C@H](C)c1cc(C)c(C)cc1C. The number of nitrogens with one attached hydrogen (secondary N) is 1. The molecule has 0 saturated heterocycles. The number of ether oxygens (including phenoxy) is 2. The highest BCUT2D eigenvalue weighted by Gasteiger charge is 2.20. The third-order valence-electron chi connectivity index (χ3n) is 4.45. The van der Waals surface area contributed by atoms with E-state index in [-0.39, 0.29) is 11.9 Å². The van der Waals surface area contributed by atoms with Crippen molar-refractivity contribution in [1.82, 2.24) is 5.32 Å². The molecule has 0 spiro atoms. The van der Waals surface area contributed by atoms with Crippen molar-refractivity contribution in [3.8, 4) is 11.5 Å². The maximum Gasteiger partial charge on any atom is 0.261 e. The molecule has 0 aromatic heterocycles. The van der Waals surface area contributed by atoms with Crippen LogP contribution in [0.1, 0.15) is 42.1 Å². The first-order chi connectivity index (χ1) is 11.8. The standard InChI is InChI=1S/C21H27NO3/c1-13-11-15(3)18(12-14(13)2)16(4)22-21(23)17(5)25-20-10-8-7-9-19(20)24-6/h7-12,16-17H,1-6H3,(H,22,23)/t16-,17-/m1/s1. The largest absolute Gasteiger partial charge is 0.493 e. The zero-order chi connectivity index (χ0) is 18.6. The Morgan fingerprint density at radius 3 is 2.20 bits per heavy atom. The summed E-state index contributed by atoms with van der Waals surface area (Å²) in [4.78, 5) is 12.5. The maximum absolute atomic E-state index is 12.5. The van der Waals surface area contributed by atoms with Gasteiger partial charge in [0, 0.05) is 0 Å². The molecule has 0 radical (unpaired) electrons. The van der Waals surface area contributed by atoms with Crippen molar-refractivity contribution in [2.75, 3.05) is 7.11 Å². The van der Waals surface area contributed by atoms with Crippen molar-refractivity contribution in [2.24, 2.45) is 0 Å². The number of aryl methyl sites for hydroxylation is 3. The van der Waals surface area contributed by atoms with Crippen molar-refractivity contribution >= 4 is 5.91 Å². The molecular formula is C21H27NO3. The van der Waals surface area contributed by atoms with E-state index in [1.807, 2.05) is 19.1 Å². The smallest absolute Gasteiger partial charge is 0.261 e. The third-order valence-corrected chi connectivity index (χ3v) is 4.45. The van der Waals surface area contributed by atoms with Crippen molar-refractivity contribution in [1.29, 1.82) is 0 Å². The van der Waals surface area contributed by atoms with Crippen LogP contribution in [0, 0.1) is 20.8 Å². The van der Waals surface area contributed by atoms with E-state index >= 15 is 0 Å². The van der Waals surface area contributed by atoms with E-state index in [9.17, 15) is 4.79 Å². The number of carbonyl (C=O) groups is 1. The second-order valence-electron chi connectivity index (χ2n) is 6.43. The van der Waals surface area contributed by atoms with Crippen LogP contribution in [0.25, 0.3) is 0 Å². The Hall–Kier alpha value is -2.49. The lowest BCUT2D eigenvalue weighted by atomic mass is 9.96. The van der Waals surface area contributed by atoms with Crippen molar-refractivity contribution in [2.45, 2.75) is 46.8 Å². The Kier molecular flexibility index (Phi) is 6.07. The molecule has 1 N–H and O–H groups in total. The first-order valence-corrected chi connectivity index (χ1v) is 8.51. The van der Waals surface area contributed by atoms with Gasteiger partial charge < -0.3 is 14.8 Å². The maximum atomic E-state index is 12.5. The molecule has 0 unspecified atom stereocenters. The number of hydrogen-bond donors (Lipinski definition) is 1. The fraction of sp³-hybridized carbons (Fsp3) is 0.381. The van der Waals surface area contributed by atoms with Gasteiger partial charge in [-0.15, -0.1) is 0 Å². The summed E-state index contributed by atoms with van der Waals surface area (Å²) in [5, 5.41) is 3.04. The molecule has 134 valence electrons. The Morgan fingerprint density at radius 1 is 0.960 bits per heavy atom. The minimum atomic E-state index is -0.620. The van der Waals surface area contributed by atoms with Crippen LogP contribution in [0.15, 0.2) is 36.4 Å². The van der Waals surface area contributed by atoms with E-state index in [0.29, 0.717) is 11.5 Å². The van der Waals surface area contributed by atoms with Gasteiger partial charge >= 0.3 is 0 Å². The van der Waals surface area contributed by atoms with Crippen molar-refractivity contribution < 1.29 is 14.3 Å². The van der Waals surface area contributed by atoms with Crippen LogP contribution < -0.4 is 14.8 Å². The van der Waals surface area contributed by atoms with Crippen LogP contribution in [-0.4, -0.2) is 19.1 Å². The van der Waals surface area contributed by atoms with Gasteiger partial charge in [-0.3, -0.25) is 4.79 Å². The second-order valence-corrected chi connectivity index (χ2v) is 6.43. The van der Waals surface area contributed by atoms with Crippen molar-refractivity contribution in [3.63, 3.8) is 0 Å². The Labute approximate surface area is 150 Å². The van der Waals surface area contributed by atoms with Crippen LogP contribution in [0.3, 0.4) is 0 Å². The van der Waals surface area contributed by atoms with Gasteiger partial charge in [-0.05, 0) is 69.0 Å². The average Bonchev–Trinajstić information content (AvgIpc) is 2.58. The monoisotopic (exact) mass is 341 g/mol. The predicted octanol–water partition coefficient (Wildman–Crippen LogP) is 4.27. The van der Waals surface area contributed by atoms with Gasteiger partial charge in [0.1, 0.15) is 0 Å². The molecule has 0 aliphatic rings. The highest BCUT2D eigenvalue weighted by molar-refractivity contribution is 5.81. The molecule has 0 saturated carbocycles. The molecule has 25 heavy (non-hydrogen) atoms. The van der Waals surface area contributed by atoms with Crippen LogP contribution >= 0.6 is 0 Å². The fourth-order valence-electron chi connectivity index (χ4n) is 2.82. The molecular weight excluding hydrogens is 314 g/mol. The summed E-state index contributed by atoms with van der Waals surface area (Å²) in [6, 6.07) is 11.5. The van der Waals surface area contributed by atoms with Gasteiger partial charge in [0.25, 0.3) is 5.91 Å². The summed E-state index contributed by atoms with van der Waals surface area (Å²) in [6.07, 6.45) is -0.620. The molecule has 2 aromatic rings. The van der Waals surface area contributed by atoms with E-state index in [1.165, 1.54) is 16.7 Å². The summed E-state index contributed by atoms with van der Waals surface area (Å²) < 4.78 is 11.0. The molecule has 0 bridgehead atoms. The predicted molar refractivity (Wildman–Crippen MR) is 100 cm³/mol. The molecule has 0 aliphatic heterocycles. The van der Waals surface area contributed by atoms with E-state index in [1.54, 1.807) is 26.2 Å². The van der Waals surface area contributed by atoms with E-state index in [2.05, 4.69) is 38.2 Å². The number of amides is 1. The molecule has 0 heterocycles. The number of carbonyl (C=O) groups excluding carboxylic acids is 1. The Balaban J connectivity index is 2.07. The topological polar surface area (TPSA) is 47.6 Å². The Morgan fingerprint density at radius 2 is 1.56 bits per heavy atom. The van der Waals surface area contributed by atoms with Crippen LogP contribution in [0.5, 0.6) is 11.5 Å². The number of methoxy groups -OCH3 is 1. The van der Waals surface area contributed by atoms with Gasteiger partial charge in [-0.25, -0.2) is 0 Å². The number of para-hydroxylation sites is 2. The fourth-order valence-corrected chi connectivity index (χ4v) is 2.82. The van der Waals surface area contributed by atoms with Crippen LogP contribution in [0.4, 0.5) is 0 Å². The van der Waals surface area contributed by atoms with Gasteiger partial charge in [0.05, 0.1) is 13.2 Å². The molecule has 2 aromatic carbocycles. The third kappa shape index (κ3) is 4.53. The average molecular weight is 341 g/mol. The zero-order valence-corrected chi connectivity index (χ0v) is 15.8. The van der Waals surface area contributed by atoms with Crippen LogP contribution in [0.2, 0.25) is 0 Å². The first-order valence-electron chi connectivity index (χ1n) is 8.51. The minimum absolute atomic E-state index is 0.0875. The van der Waals surface area contributed by atoms with E-state index in [0.717, 1.165) is 5.56 Å². The van der Waals surface area contributed by atoms with E-state index < -0.39 is 6.10 Å². The first kappa shape index (κ1) is 18.8. The lowest BCUT2D eigenvalue weighted by Gasteiger charge is -2.21. The molecule has 0 aliphatic carbocycles. The summed E-state index contributed by atoms with van der Waals surface area (Å²) in [7, 11) is 1.58. The van der Waals surface area contributed by atoms with Crippen molar-refractivity contribution in [3.05, 3.63) is 58.7 Å². The lowest BCUT2D eigenvalue weighted by Crippen LogP contribution is -2.38. The van der Waals surface area contributed by atoms with Gasteiger partial charge in [-0.2, -0.15) is 0 Å². The van der Waals surface area contributed by atoms with Gasteiger partial charge in [0.15, 0.2) is 17.6 Å². The highest BCUT2D eigenvalue weighted by Crippen LogP contribution is 2.27. The molecule has 1 amide bonds. The normalized spacial score (nSPS) is 13.0. The second kappa shape index (κ2) is 8.06. The lowest BCUT2D eigenvalue weighted by molar-refractivity contribution is -0.127. The molecule has 2 atom stereocenters. The summed E-state index contributed by atoms with van der Waals surface area (Å²) in [5.41, 5.74) is 4.78. The van der Waals surface area contributed by atoms with Gasteiger partial charge in [-0.1, -0.05) is 24.3 Å². The van der Waals surface area contributed by atoms with E-state index in [4.69, 9.17) is 9.47 Å². The quantitative estimate of drug-likeness (QED) is 0.854. The summed E-state index contributed by atoms with van der Waals surface area (Å²) >= 11 is 0. The van der Waals surface area contributed by atoms with Gasteiger partial charge in [0.2, 0.25) is 0 Å².